The van der Waals surface area contributed by atoms with E-state index in [2.05, 4.69) is 10.6 Å². The van der Waals surface area contributed by atoms with Gasteiger partial charge in [-0.2, -0.15) is 0 Å². The molecule has 0 radical (unpaired) electrons. The first-order valence-corrected chi connectivity index (χ1v) is 7.59. The summed E-state index contributed by atoms with van der Waals surface area (Å²) in [5.41, 5.74) is -0.613. The molecule has 1 aliphatic rings. The lowest BCUT2D eigenvalue weighted by molar-refractivity contribution is -0.133. The quantitative estimate of drug-likeness (QED) is 0.762. The van der Waals surface area contributed by atoms with Crippen molar-refractivity contribution in [1.29, 1.82) is 0 Å². The number of hydrogen-bond donors (Lipinski definition) is 2. The zero-order valence-electron chi connectivity index (χ0n) is 14.1. The van der Waals surface area contributed by atoms with E-state index in [9.17, 15) is 14.4 Å². The summed E-state index contributed by atoms with van der Waals surface area (Å²) in [4.78, 5) is 36.6. The molecule has 1 saturated carbocycles. The highest BCUT2D eigenvalue weighted by Gasteiger charge is 2.32. The van der Waals surface area contributed by atoms with Gasteiger partial charge in [0.1, 0.15) is 12.1 Å². The third-order valence-electron chi connectivity index (χ3n) is 3.54. The summed E-state index contributed by atoms with van der Waals surface area (Å²) in [5.74, 6) is 0.0233. The minimum atomic E-state index is -0.659. The van der Waals surface area contributed by atoms with Crippen molar-refractivity contribution in [1.82, 2.24) is 15.5 Å². The topological polar surface area (TPSA) is 87.7 Å². The van der Waals surface area contributed by atoms with Crippen LogP contribution in [-0.2, 0) is 14.3 Å². The molecule has 3 amide bonds. The Kier molecular flexibility index (Phi) is 6.20. The van der Waals surface area contributed by atoms with Crippen molar-refractivity contribution in [3.63, 3.8) is 0 Å². The van der Waals surface area contributed by atoms with Crippen LogP contribution in [0, 0.1) is 5.92 Å². The lowest BCUT2D eigenvalue weighted by Gasteiger charge is -2.25. The van der Waals surface area contributed by atoms with E-state index in [-0.39, 0.29) is 25.0 Å². The van der Waals surface area contributed by atoms with Crippen molar-refractivity contribution in [2.75, 3.05) is 20.1 Å². The predicted molar refractivity (Wildman–Crippen MR) is 82.2 cm³/mol. The highest BCUT2D eigenvalue weighted by atomic mass is 16.6. The molecule has 0 aromatic rings. The Hall–Kier alpha value is -1.79. The fourth-order valence-electron chi connectivity index (χ4n) is 1.95. The summed E-state index contributed by atoms with van der Waals surface area (Å²) in [6.07, 6.45) is 1.66. The Balaban J connectivity index is 2.22. The van der Waals surface area contributed by atoms with Gasteiger partial charge in [0.05, 0.1) is 6.54 Å². The molecule has 1 aliphatic carbocycles. The van der Waals surface area contributed by atoms with E-state index < -0.39 is 17.6 Å². The van der Waals surface area contributed by atoms with Crippen LogP contribution in [0.5, 0.6) is 0 Å². The molecule has 126 valence electrons. The van der Waals surface area contributed by atoms with Crippen LogP contribution in [0.1, 0.15) is 40.5 Å². The lowest BCUT2D eigenvalue weighted by atomic mass is 10.2. The number of alkyl carbamates (subject to hydrolysis) is 1. The van der Waals surface area contributed by atoms with Crippen LogP contribution < -0.4 is 10.6 Å². The highest BCUT2D eigenvalue weighted by Crippen LogP contribution is 2.34. The minimum Gasteiger partial charge on any atom is -0.444 e. The SMILES string of the molecule is C[C@@H](C1CC1)N(C)C(=O)CNC(=O)CNC(=O)OC(C)(C)C. The zero-order valence-corrected chi connectivity index (χ0v) is 14.1. The molecule has 2 N–H and O–H groups in total. The van der Waals surface area contributed by atoms with Crippen LogP contribution in [-0.4, -0.2) is 54.6 Å². The fraction of sp³-hybridized carbons (Fsp3) is 0.800. The first kappa shape index (κ1) is 18.3. The van der Waals surface area contributed by atoms with Gasteiger partial charge in [-0.25, -0.2) is 4.79 Å². The second-order valence-corrected chi connectivity index (χ2v) is 6.71. The number of nitrogens with one attached hydrogen (secondary N) is 2. The van der Waals surface area contributed by atoms with Crippen LogP contribution in [0.4, 0.5) is 4.79 Å². The molecule has 1 rings (SSSR count). The molecule has 1 atom stereocenters. The van der Waals surface area contributed by atoms with Crippen LogP contribution >= 0.6 is 0 Å². The van der Waals surface area contributed by atoms with Gasteiger partial charge in [-0.1, -0.05) is 0 Å². The normalized spacial score (nSPS) is 15.7. The largest absolute Gasteiger partial charge is 0.444 e. The number of nitrogens with zero attached hydrogens (tertiary/aromatic N) is 1. The van der Waals surface area contributed by atoms with Crippen LogP contribution in [0.15, 0.2) is 0 Å². The summed E-state index contributed by atoms with van der Waals surface area (Å²) in [5, 5.41) is 4.84. The maximum atomic E-state index is 11.9. The van der Waals surface area contributed by atoms with Crippen LogP contribution in [0.2, 0.25) is 0 Å². The Morgan fingerprint density at radius 2 is 1.77 bits per heavy atom. The molecule has 0 heterocycles. The maximum Gasteiger partial charge on any atom is 0.408 e. The molecular weight excluding hydrogens is 286 g/mol. The summed E-state index contributed by atoms with van der Waals surface area (Å²) >= 11 is 0. The van der Waals surface area contributed by atoms with E-state index in [4.69, 9.17) is 4.74 Å². The maximum absolute atomic E-state index is 11.9. The molecule has 0 aromatic heterocycles. The number of carbonyl (C=O) groups excluding carboxylic acids is 3. The average molecular weight is 313 g/mol. The van der Waals surface area contributed by atoms with Crippen molar-refractivity contribution >= 4 is 17.9 Å². The van der Waals surface area contributed by atoms with Crippen LogP contribution in [0.25, 0.3) is 0 Å². The number of rotatable bonds is 6. The van der Waals surface area contributed by atoms with Gasteiger partial charge in [-0.05, 0) is 46.5 Å². The van der Waals surface area contributed by atoms with Gasteiger partial charge in [0.25, 0.3) is 0 Å². The molecule has 0 aromatic carbocycles. The predicted octanol–water partition coefficient (Wildman–Crippen LogP) is 0.884. The lowest BCUT2D eigenvalue weighted by Crippen LogP contribution is -2.45. The summed E-state index contributed by atoms with van der Waals surface area (Å²) in [7, 11) is 1.75. The third-order valence-corrected chi connectivity index (χ3v) is 3.54. The molecule has 22 heavy (non-hydrogen) atoms. The average Bonchev–Trinajstić information content (AvgIpc) is 3.23. The molecule has 0 unspecified atom stereocenters. The first-order valence-electron chi connectivity index (χ1n) is 7.59. The fourth-order valence-corrected chi connectivity index (χ4v) is 1.95. The van der Waals surface area contributed by atoms with Gasteiger partial charge in [-0.3, -0.25) is 9.59 Å². The molecular formula is C15H27N3O4. The Morgan fingerprint density at radius 1 is 1.18 bits per heavy atom. The van der Waals surface area contributed by atoms with Crippen molar-refractivity contribution in [2.24, 2.45) is 5.92 Å². The summed E-state index contributed by atoms with van der Waals surface area (Å²) < 4.78 is 5.01. The van der Waals surface area contributed by atoms with Gasteiger partial charge >= 0.3 is 6.09 Å². The number of ether oxygens (including phenoxy) is 1. The van der Waals surface area contributed by atoms with E-state index in [0.717, 1.165) is 12.8 Å². The van der Waals surface area contributed by atoms with E-state index in [0.29, 0.717) is 5.92 Å². The van der Waals surface area contributed by atoms with Gasteiger partial charge in [0.2, 0.25) is 11.8 Å². The molecule has 0 aliphatic heterocycles. The molecule has 1 fully saturated rings. The summed E-state index contributed by atoms with van der Waals surface area (Å²) in [6, 6.07) is 0.198. The minimum absolute atomic E-state index is 0.0671. The smallest absolute Gasteiger partial charge is 0.408 e. The van der Waals surface area contributed by atoms with Gasteiger partial charge < -0.3 is 20.3 Å². The van der Waals surface area contributed by atoms with E-state index >= 15 is 0 Å². The number of carbonyl (C=O) groups is 3. The molecule has 7 nitrogen and oxygen atoms in total. The summed E-state index contributed by atoms with van der Waals surface area (Å²) in [6.45, 7) is 6.94. The molecule has 0 bridgehead atoms. The van der Waals surface area contributed by atoms with E-state index in [1.54, 1.807) is 32.7 Å². The molecule has 0 spiro atoms. The van der Waals surface area contributed by atoms with Crippen molar-refractivity contribution in [3.05, 3.63) is 0 Å². The Labute approximate surface area is 131 Å². The third kappa shape index (κ3) is 6.78. The van der Waals surface area contributed by atoms with E-state index in [1.807, 2.05) is 6.92 Å². The number of likely N-dealkylation sites (N-methyl/N-ethyl adjacent to an activating group) is 1. The Bertz CT molecular complexity index is 427. The number of amides is 3. The second-order valence-electron chi connectivity index (χ2n) is 6.71. The standard InChI is InChI=1S/C15H27N3O4/c1-10(11-6-7-11)18(5)13(20)9-16-12(19)8-17-14(21)22-15(2,3)4/h10-11H,6-9H2,1-5H3,(H,16,19)(H,17,21)/t10-/m0/s1. The van der Waals surface area contributed by atoms with Gasteiger partial charge in [0, 0.05) is 13.1 Å². The highest BCUT2D eigenvalue weighted by molar-refractivity contribution is 5.87. The monoisotopic (exact) mass is 313 g/mol. The van der Waals surface area contributed by atoms with Crippen molar-refractivity contribution < 1.29 is 19.1 Å². The second kappa shape index (κ2) is 7.47. The van der Waals surface area contributed by atoms with Crippen molar-refractivity contribution in [3.8, 4) is 0 Å². The zero-order chi connectivity index (χ0) is 16.9. The van der Waals surface area contributed by atoms with Crippen molar-refractivity contribution in [2.45, 2.75) is 52.2 Å². The Morgan fingerprint density at radius 3 is 2.27 bits per heavy atom. The van der Waals surface area contributed by atoms with Gasteiger partial charge in [0.15, 0.2) is 0 Å². The first-order chi connectivity index (χ1) is 10.1. The molecule has 0 saturated heterocycles. The molecule has 7 heteroatoms. The van der Waals surface area contributed by atoms with Crippen LogP contribution in [0.3, 0.4) is 0 Å². The number of hydrogen-bond acceptors (Lipinski definition) is 4. The van der Waals surface area contributed by atoms with E-state index in [1.165, 1.54) is 0 Å². The van der Waals surface area contributed by atoms with Gasteiger partial charge in [-0.15, -0.1) is 0 Å².